The summed E-state index contributed by atoms with van der Waals surface area (Å²) in [6.07, 6.45) is 9.59. The van der Waals surface area contributed by atoms with Crippen LogP contribution in [0.15, 0.2) is 22.7 Å². The van der Waals surface area contributed by atoms with Crippen LogP contribution in [0.3, 0.4) is 0 Å². The van der Waals surface area contributed by atoms with Crippen molar-refractivity contribution in [3.05, 3.63) is 18.2 Å². The number of piperidine rings is 1. The number of likely N-dealkylation sites (tertiary alicyclic amines) is 1. The van der Waals surface area contributed by atoms with Gasteiger partial charge in [-0.05, 0) is 73.8 Å². The number of nitrogens with zero attached hydrogens (tertiary/aromatic N) is 2. The second-order valence-electron chi connectivity index (χ2n) is 9.38. The van der Waals surface area contributed by atoms with Gasteiger partial charge in [-0.25, -0.2) is 0 Å². The van der Waals surface area contributed by atoms with E-state index in [2.05, 4.69) is 23.9 Å². The number of rotatable bonds is 8. The van der Waals surface area contributed by atoms with E-state index in [1.807, 2.05) is 18.2 Å². The molecule has 1 aliphatic carbocycles. The molecule has 2 fully saturated rings. The molecule has 160 valence electrons. The lowest BCUT2D eigenvalue weighted by molar-refractivity contribution is 0.117. The fourth-order valence-electron chi connectivity index (χ4n) is 4.68. The van der Waals surface area contributed by atoms with E-state index in [1.54, 1.807) is 0 Å². The van der Waals surface area contributed by atoms with Gasteiger partial charge in [0.25, 0.3) is 5.88 Å². The Labute approximate surface area is 174 Å². The Morgan fingerprint density at radius 1 is 1.03 bits per heavy atom. The quantitative estimate of drug-likeness (QED) is 0.583. The second kappa shape index (κ2) is 9.84. The van der Waals surface area contributed by atoms with Crippen molar-refractivity contribution >= 4 is 11.0 Å². The molecule has 29 heavy (non-hydrogen) atoms. The van der Waals surface area contributed by atoms with Crippen LogP contribution in [0.5, 0.6) is 11.6 Å². The van der Waals surface area contributed by atoms with Crippen LogP contribution < -0.4 is 9.47 Å². The Bertz CT molecular complexity index is 759. The van der Waals surface area contributed by atoms with E-state index in [1.165, 1.54) is 64.6 Å². The van der Waals surface area contributed by atoms with Crippen LogP contribution >= 0.6 is 0 Å². The molecule has 0 bridgehead atoms. The Balaban J connectivity index is 1.29. The number of ether oxygens (including phenoxy) is 2. The lowest BCUT2D eigenvalue weighted by Crippen LogP contribution is -2.38. The largest absolute Gasteiger partial charge is 0.492 e. The second-order valence-corrected chi connectivity index (χ2v) is 9.38. The van der Waals surface area contributed by atoms with Crippen LogP contribution in [0, 0.1) is 17.8 Å². The molecule has 0 spiro atoms. The van der Waals surface area contributed by atoms with Gasteiger partial charge in [-0.15, -0.1) is 0 Å². The Morgan fingerprint density at radius 3 is 2.59 bits per heavy atom. The number of fused-ring (bicyclic) bond motifs is 1. The zero-order valence-electron chi connectivity index (χ0n) is 18.1. The summed E-state index contributed by atoms with van der Waals surface area (Å²) in [7, 11) is 0. The van der Waals surface area contributed by atoms with Crippen molar-refractivity contribution in [2.24, 2.45) is 17.8 Å². The standard InChI is InChI=1S/C24H36N2O3/c1-18(2)16-27-21-9-6-10-22-23(21)24(25-29-22)28-17-20-11-13-26(14-12-20)15-19-7-4-3-5-8-19/h6,9-10,18-20H,3-5,7-8,11-17H2,1-2H3. The fraction of sp³-hybridized carbons (Fsp3) is 0.708. The molecule has 0 unspecified atom stereocenters. The summed E-state index contributed by atoms with van der Waals surface area (Å²) < 4.78 is 17.6. The Morgan fingerprint density at radius 2 is 1.83 bits per heavy atom. The van der Waals surface area contributed by atoms with Crippen molar-refractivity contribution in [3.8, 4) is 11.6 Å². The first-order valence-corrected chi connectivity index (χ1v) is 11.6. The van der Waals surface area contributed by atoms with Crippen molar-refractivity contribution in [3.63, 3.8) is 0 Å². The average Bonchev–Trinajstić information content (AvgIpc) is 3.16. The van der Waals surface area contributed by atoms with Crippen LogP contribution in [0.4, 0.5) is 0 Å². The molecule has 1 saturated heterocycles. The molecule has 2 aliphatic rings. The van der Waals surface area contributed by atoms with Gasteiger partial charge >= 0.3 is 0 Å². The van der Waals surface area contributed by atoms with Crippen LogP contribution in [0.25, 0.3) is 11.0 Å². The van der Waals surface area contributed by atoms with Gasteiger partial charge in [0.05, 0.1) is 13.2 Å². The van der Waals surface area contributed by atoms with Gasteiger partial charge in [0.2, 0.25) is 0 Å². The maximum atomic E-state index is 6.13. The molecule has 1 aliphatic heterocycles. The topological polar surface area (TPSA) is 47.7 Å². The number of aromatic nitrogens is 1. The third-order valence-corrected chi connectivity index (χ3v) is 6.40. The maximum absolute atomic E-state index is 6.13. The van der Waals surface area contributed by atoms with Crippen molar-refractivity contribution in [1.29, 1.82) is 0 Å². The molecule has 1 aromatic heterocycles. The van der Waals surface area contributed by atoms with Gasteiger partial charge in [0, 0.05) is 6.54 Å². The Kier molecular flexibility index (Phi) is 6.96. The molecular weight excluding hydrogens is 364 g/mol. The molecule has 5 nitrogen and oxygen atoms in total. The van der Waals surface area contributed by atoms with Gasteiger partial charge in [0.15, 0.2) is 5.58 Å². The molecule has 1 saturated carbocycles. The molecule has 0 N–H and O–H groups in total. The van der Waals surface area contributed by atoms with Crippen molar-refractivity contribution in [2.45, 2.75) is 58.8 Å². The minimum absolute atomic E-state index is 0.466. The predicted octanol–water partition coefficient (Wildman–Crippen LogP) is 5.53. The first-order valence-electron chi connectivity index (χ1n) is 11.6. The fourth-order valence-corrected chi connectivity index (χ4v) is 4.68. The van der Waals surface area contributed by atoms with Crippen LogP contribution in [0.2, 0.25) is 0 Å². The maximum Gasteiger partial charge on any atom is 0.265 e. The highest BCUT2D eigenvalue weighted by Crippen LogP contribution is 2.34. The molecule has 2 heterocycles. The van der Waals surface area contributed by atoms with Gasteiger partial charge in [-0.2, -0.15) is 0 Å². The number of hydrogen-bond acceptors (Lipinski definition) is 5. The lowest BCUT2D eigenvalue weighted by atomic mass is 9.88. The van der Waals surface area contributed by atoms with Crippen LogP contribution in [0.1, 0.15) is 58.8 Å². The average molecular weight is 401 g/mol. The Hall–Kier alpha value is -1.75. The summed E-state index contributed by atoms with van der Waals surface area (Å²) in [6.45, 7) is 9.37. The number of benzene rings is 1. The summed E-state index contributed by atoms with van der Waals surface area (Å²) in [4.78, 5) is 2.68. The van der Waals surface area contributed by atoms with E-state index >= 15 is 0 Å². The highest BCUT2D eigenvalue weighted by atomic mass is 16.5. The SMILES string of the molecule is CC(C)COc1cccc2onc(OCC3CCN(CC4CCCCC4)CC3)c12. The third kappa shape index (κ3) is 5.44. The molecular formula is C24H36N2O3. The molecule has 4 rings (SSSR count). The van der Waals surface area contributed by atoms with E-state index in [0.29, 0.717) is 30.9 Å². The minimum Gasteiger partial charge on any atom is -0.492 e. The van der Waals surface area contributed by atoms with E-state index in [9.17, 15) is 0 Å². The van der Waals surface area contributed by atoms with E-state index in [4.69, 9.17) is 14.0 Å². The van der Waals surface area contributed by atoms with Crippen molar-refractivity contribution in [1.82, 2.24) is 10.1 Å². The lowest BCUT2D eigenvalue weighted by Gasteiger charge is -2.35. The molecule has 0 amide bonds. The van der Waals surface area contributed by atoms with Gasteiger partial charge in [-0.1, -0.05) is 39.2 Å². The molecule has 1 aromatic carbocycles. The molecule has 0 radical (unpaired) electrons. The zero-order chi connectivity index (χ0) is 20.1. The zero-order valence-corrected chi connectivity index (χ0v) is 18.1. The molecule has 2 aromatic rings. The highest BCUT2D eigenvalue weighted by molar-refractivity contribution is 5.88. The van der Waals surface area contributed by atoms with E-state index < -0.39 is 0 Å². The summed E-state index contributed by atoms with van der Waals surface area (Å²) in [5, 5.41) is 5.04. The van der Waals surface area contributed by atoms with E-state index in [0.717, 1.165) is 22.6 Å². The van der Waals surface area contributed by atoms with Gasteiger partial charge in [0.1, 0.15) is 11.1 Å². The molecule has 5 heteroatoms. The van der Waals surface area contributed by atoms with Crippen molar-refractivity contribution < 1.29 is 14.0 Å². The number of hydrogen-bond donors (Lipinski definition) is 0. The summed E-state index contributed by atoms with van der Waals surface area (Å²) in [5.74, 6) is 3.36. The normalized spacial score (nSPS) is 19.8. The monoisotopic (exact) mass is 400 g/mol. The summed E-state index contributed by atoms with van der Waals surface area (Å²) in [5.41, 5.74) is 0.726. The smallest absolute Gasteiger partial charge is 0.265 e. The minimum atomic E-state index is 0.466. The van der Waals surface area contributed by atoms with Crippen LogP contribution in [-0.4, -0.2) is 42.9 Å². The van der Waals surface area contributed by atoms with Gasteiger partial charge < -0.3 is 18.9 Å². The first kappa shape index (κ1) is 20.5. The summed E-state index contributed by atoms with van der Waals surface area (Å²) in [6, 6.07) is 5.83. The highest BCUT2D eigenvalue weighted by Gasteiger charge is 2.24. The van der Waals surface area contributed by atoms with E-state index in [-0.39, 0.29) is 0 Å². The molecule has 0 atom stereocenters. The van der Waals surface area contributed by atoms with Crippen LogP contribution in [-0.2, 0) is 0 Å². The third-order valence-electron chi connectivity index (χ3n) is 6.40. The van der Waals surface area contributed by atoms with Gasteiger partial charge in [-0.3, -0.25) is 0 Å². The van der Waals surface area contributed by atoms with Crippen molar-refractivity contribution in [2.75, 3.05) is 32.8 Å². The summed E-state index contributed by atoms with van der Waals surface area (Å²) >= 11 is 0. The first-order chi connectivity index (χ1) is 14.2. The predicted molar refractivity (Wildman–Crippen MR) is 116 cm³/mol.